The van der Waals surface area contributed by atoms with Crippen LogP contribution in [0.4, 0.5) is 13.2 Å². The molecule has 0 bridgehead atoms. The highest BCUT2D eigenvalue weighted by Gasteiger charge is 2.34. The Morgan fingerprint density at radius 3 is 2.59 bits per heavy atom. The molecular formula is C21H24F3N5O3. The fraction of sp³-hybridized carbons (Fsp3) is 0.333. The van der Waals surface area contributed by atoms with Crippen LogP contribution in [0, 0.1) is 0 Å². The van der Waals surface area contributed by atoms with E-state index < -0.39 is 17.6 Å². The number of aliphatic imine (C=N–C) groups is 1. The fourth-order valence-corrected chi connectivity index (χ4v) is 3.13. The van der Waals surface area contributed by atoms with Crippen molar-refractivity contribution in [2.45, 2.75) is 26.6 Å². The Labute approximate surface area is 182 Å². The van der Waals surface area contributed by atoms with Crippen molar-refractivity contribution in [1.82, 2.24) is 15.2 Å². The van der Waals surface area contributed by atoms with E-state index in [2.05, 4.69) is 20.2 Å². The van der Waals surface area contributed by atoms with Crippen molar-refractivity contribution in [2.75, 3.05) is 20.1 Å². The van der Waals surface area contributed by atoms with E-state index in [-0.39, 0.29) is 34.3 Å². The molecular weight excluding hydrogens is 427 g/mol. The number of nitrogens with zero attached hydrogens (tertiary/aromatic N) is 2. The van der Waals surface area contributed by atoms with E-state index in [4.69, 9.17) is 14.9 Å². The third kappa shape index (κ3) is 5.22. The van der Waals surface area contributed by atoms with Crippen molar-refractivity contribution in [1.29, 1.82) is 0 Å². The van der Waals surface area contributed by atoms with Gasteiger partial charge in [-0.3, -0.25) is 9.69 Å². The number of benzene rings is 1. The Hall–Kier alpha value is -3.47. The molecule has 8 nitrogen and oxygen atoms in total. The summed E-state index contributed by atoms with van der Waals surface area (Å²) in [7, 11) is 1.46. The van der Waals surface area contributed by atoms with Crippen LogP contribution >= 0.6 is 0 Å². The van der Waals surface area contributed by atoms with Crippen molar-refractivity contribution in [2.24, 2.45) is 10.7 Å². The number of amides is 1. The minimum atomic E-state index is -4.68. The minimum Gasteiger partial charge on any atom is -0.429 e. The summed E-state index contributed by atoms with van der Waals surface area (Å²) < 4.78 is 52.3. The zero-order valence-corrected chi connectivity index (χ0v) is 17.8. The predicted molar refractivity (Wildman–Crippen MR) is 114 cm³/mol. The number of guanidine groups is 1. The molecule has 3 aromatic rings. The minimum absolute atomic E-state index is 0.0614. The maximum Gasteiger partial charge on any atom is 0.417 e. The topological polar surface area (TPSA) is 109 Å². The molecule has 0 radical (unpaired) electrons. The molecule has 0 aliphatic carbocycles. The quantitative estimate of drug-likeness (QED) is 0.369. The van der Waals surface area contributed by atoms with Gasteiger partial charge in [-0.2, -0.15) is 18.2 Å². The lowest BCUT2D eigenvalue weighted by Gasteiger charge is -2.15. The van der Waals surface area contributed by atoms with Gasteiger partial charge < -0.3 is 25.2 Å². The normalized spacial score (nSPS) is 12.5. The number of fused-ring (bicyclic) bond motifs is 1. The molecule has 4 N–H and O–H groups in total. The van der Waals surface area contributed by atoms with Crippen molar-refractivity contribution < 1.29 is 27.1 Å². The number of rotatable bonds is 7. The van der Waals surface area contributed by atoms with Gasteiger partial charge in [0.2, 0.25) is 0 Å². The number of carbonyl (C=O) groups excluding carboxylic acids is 1. The number of aromatic nitrogens is 1. The van der Waals surface area contributed by atoms with Gasteiger partial charge in [0.05, 0.1) is 17.6 Å². The summed E-state index contributed by atoms with van der Waals surface area (Å²) in [5.74, 6) is -0.363. The summed E-state index contributed by atoms with van der Waals surface area (Å²) in [6, 6.07) is 6.58. The third-order valence-electron chi connectivity index (χ3n) is 4.85. The van der Waals surface area contributed by atoms with Gasteiger partial charge in [-0.15, -0.1) is 0 Å². The lowest BCUT2D eigenvalue weighted by molar-refractivity contribution is -0.136. The summed E-state index contributed by atoms with van der Waals surface area (Å²) >= 11 is 0. The number of nitrogens with one attached hydrogen (secondary N) is 2. The summed E-state index contributed by atoms with van der Waals surface area (Å²) in [6.45, 7) is 6.26. The standard InChI is InChI=1S/C21H24F3N5O3/c1-4-29(5-2)11-12-6-7-18(31-12)32-13-8-15(21(22,23)24)14-10-17(27-16(14)9-13)19(30)28-20(25)26-3/h6-10,27H,4-5,11H2,1-3H3,(H3,25,26,28,30). The number of H-pyrrole nitrogens is 1. The fourth-order valence-electron chi connectivity index (χ4n) is 3.13. The van der Waals surface area contributed by atoms with Crippen molar-refractivity contribution >= 4 is 22.8 Å². The number of nitrogens with two attached hydrogens (primary N) is 1. The van der Waals surface area contributed by atoms with E-state index in [1.807, 2.05) is 13.8 Å². The molecule has 0 atom stereocenters. The number of ether oxygens (including phenoxy) is 1. The molecule has 172 valence electrons. The molecule has 0 spiro atoms. The van der Waals surface area contributed by atoms with Gasteiger partial charge in [0.15, 0.2) is 5.96 Å². The Balaban J connectivity index is 1.95. The van der Waals surface area contributed by atoms with Crippen LogP contribution in [-0.2, 0) is 12.7 Å². The molecule has 32 heavy (non-hydrogen) atoms. The van der Waals surface area contributed by atoms with E-state index in [0.717, 1.165) is 25.2 Å². The van der Waals surface area contributed by atoms with Crippen molar-refractivity contribution in [3.05, 3.63) is 47.3 Å². The average molecular weight is 451 g/mol. The molecule has 2 heterocycles. The number of alkyl halides is 3. The third-order valence-corrected chi connectivity index (χ3v) is 4.85. The maximum absolute atomic E-state index is 13.7. The molecule has 2 aromatic heterocycles. The number of halogens is 3. The monoisotopic (exact) mass is 451 g/mol. The Kier molecular flexibility index (Phi) is 6.78. The highest BCUT2D eigenvalue weighted by Crippen LogP contribution is 2.39. The first kappa shape index (κ1) is 23.2. The van der Waals surface area contributed by atoms with E-state index >= 15 is 0 Å². The highest BCUT2D eigenvalue weighted by molar-refractivity contribution is 6.04. The SMILES string of the molecule is CCN(CC)Cc1ccc(Oc2cc(C(F)(F)F)c3cc(C(=O)N=C(N)NC)[nH]c3c2)o1. The largest absolute Gasteiger partial charge is 0.429 e. The van der Waals surface area contributed by atoms with Gasteiger partial charge in [0.1, 0.15) is 17.2 Å². The van der Waals surface area contributed by atoms with Crippen LogP contribution in [0.3, 0.4) is 0 Å². The molecule has 0 aliphatic rings. The van der Waals surface area contributed by atoms with Gasteiger partial charge >= 0.3 is 6.18 Å². The lowest BCUT2D eigenvalue weighted by atomic mass is 10.1. The zero-order chi connectivity index (χ0) is 23.5. The molecule has 1 aromatic carbocycles. The number of hydrogen-bond donors (Lipinski definition) is 3. The van der Waals surface area contributed by atoms with Gasteiger partial charge in [-0.05, 0) is 31.3 Å². The average Bonchev–Trinajstić information content (AvgIpc) is 3.37. The Bertz CT molecular complexity index is 1130. The highest BCUT2D eigenvalue weighted by atomic mass is 19.4. The van der Waals surface area contributed by atoms with Crippen LogP contribution in [0.2, 0.25) is 0 Å². The van der Waals surface area contributed by atoms with Gasteiger partial charge in [-0.25, -0.2) is 0 Å². The lowest BCUT2D eigenvalue weighted by Crippen LogP contribution is -2.28. The summed E-state index contributed by atoms with van der Waals surface area (Å²) in [5, 5.41) is 2.29. The second-order valence-electron chi connectivity index (χ2n) is 6.95. The smallest absolute Gasteiger partial charge is 0.417 e. The van der Waals surface area contributed by atoms with Crippen molar-refractivity contribution in [3.63, 3.8) is 0 Å². The van der Waals surface area contributed by atoms with Gasteiger partial charge in [0.25, 0.3) is 11.9 Å². The second kappa shape index (κ2) is 9.35. The van der Waals surface area contributed by atoms with Crippen LogP contribution in [0.5, 0.6) is 11.7 Å². The maximum atomic E-state index is 13.7. The van der Waals surface area contributed by atoms with Crippen molar-refractivity contribution in [3.8, 4) is 11.7 Å². The second-order valence-corrected chi connectivity index (χ2v) is 6.95. The Morgan fingerprint density at radius 2 is 1.97 bits per heavy atom. The number of aromatic amines is 1. The zero-order valence-electron chi connectivity index (χ0n) is 17.8. The first-order chi connectivity index (χ1) is 15.1. The molecule has 0 fully saturated rings. The van der Waals surface area contributed by atoms with Crippen LogP contribution in [-0.4, -0.2) is 41.9 Å². The molecule has 0 saturated carbocycles. The van der Waals surface area contributed by atoms with Crippen LogP contribution < -0.4 is 15.8 Å². The first-order valence-corrected chi connectivity index (χ1v) is 9.93. The predicted octanol–water partition coefficient (Wildman–Crippen LogP) is 4.09. The van der Waals surface area contributed by atoms with Gasteiger partial charge in [0, 0.05) is 24.6 Å². The molecule has 0 saturated heterocycles. The van der Waals surface area contributed by atoms with Crippen LogP contribution in [0.15, 0.2) is 39.7 Å². The molecule has 11 heteroatoms. The van der Waals surface area contributed by atoms with E-state index in [1.54, 1.807) is 12.1 Å². The van der Waals surface area contributed by atoms with E-state index in [9.17, 15) is 18.0 Å². The summed E-state index contributed by atoms with van der Waals surface area (Å²) in [5.41, 5.74) is 4.42. The van der Waals surface area contributed by atoms with Crippen LogP contribution in [0.25, 0.3) is 10.9 Å². The first-order valence-electron chi connectivity index (χ1n) is 9.93. The summed E-state index contributed by atoms with van der Waals surface area (Å²) in [6.07, 6.45) is -4.68. The number of furan rings is 1. The van der Waals surface area contributed by atoms with E-state index in [1.165, 1.54) is 13.1 Å². The number of carbonyl (C=O) groups is 1. The summed E-state index contributed by atoms with van der Waals surface area (Å²) in [4.78, 5) is 20.5. The molecule has 3 rings (SSSR count). The van der Waals surface area contributed by atoms with E-state index in [0.29, 0.717) is 12.3 Å². The van der Waals surface area contributed by atoms with Gasteiger partial charge in [-0.1, -0.05) is 13.8 Å². The number of hydrogen-bond acceptors (Lipinski definition) is 4. The molecule has 0 aliphatic heterocycles. The molecule has 1 amide bonds. The molecule has 0 unspecified atom stereocenters. The van der Waals surface area contributed by atoms with Crippen LogP contribution in [0.1, 0.15) is 35.7 Å². The Morgan fingerprint density at radius 1 is 1.25 bits per heavy atom.